The van der Waals surface area contributed by atoms with Gasteiger partial charge in [0, 0.05) is 10.6 Å². The third kappa shape index (κ3) is 3.74. The number of benzene rings is 2. The van der Waals surface area contributed by atoms with Crippen LogP contribution in [0.4, 0.5) is 4.39 Å². The highest BCUT2D eigenvalue weighted by molar-refractivity contribution is 9.09. The van der Waals surface area contributed by atoms with Gasteiger partial charge in [-0.1, -0.05) is 39.7 Å². The fraction of sp³-hybridized carbons (Fsp3) is 0.250. The second kappa shape index (κ2) is 6.59. The molecule has 2 aromatic rings. The predicted octanol–water partition coefficient (Wildman–Crippen LogP) is 5.75. The Bertz CT molecular complexity index is 584. The quantitative estimate of drug-likeness (QED) is 0.633. The van der Waals surface area contributed by atoms with Gasteiger partial charge in [0.1, 0.15) is 11.6 Å². The molecule has 1 nitrogen and oxygen atoms in total. The zero-order valence-corrected chi connectivity index (χ0v) is 13.6. The van der Waals surface area contributed by atoms with E-state index in [9.17, 15) is 4.39 Å². The van der Waals surface area contributed by atoms with Gasteiger partial charge in [0.2, 0.25) is 0 Å². The van der Waals surface area contributed by atoms with Gasteiger partial charge in [-0.05, 0) is 49.7 Å². The van der Waals surface area contributed by atoms with Crippen LogP contribution in [0, 0.1) is 5.82 Å². The van der Waals surface area contributed by atoms with Crippen molar-refractivity contribution < 1.29 is 9.13 Å². The molecule has 0 N–H and O–H groups in total. The van der Waals surface area contributed by atoms with Crippen LogP contribution in [-0.4, -0.2) is 6.10 Å². The molecule has 0 aliphatic rings. The average Bonchev–Trinajstić information content (AvgIpc) is 2.41. The van der Waals surface area contributed by atoms with Gasteiger partial charge < -0.3 is 4.74 Å². The van der Waals surface area contributed by atoms with E-state index < -0.39 is 0 Å². The summed E-state index contributed by atoms with van der Waals surface area (Å²) in [4.78, 5) is -0.241. The molecule has 0 amide bonds. The first-order chi connectivity index (χ1) is 9.47. The molecule has 4 heteroatoms. The minimum absolute atomic E-state index is 0.131. The average molecular weight is 358 g/mol. The van der Waals surface area contributed by atoms with Crippen LogP contribution in [-0.2, 0) is 0 Å². The molecule has 106 valence electrons. The van der Waals surface area contributed by atoms with Gasteiger partial charge in [-0.3, -0.25) is 0 Å². The highest BCUT2D eigenvalue weighted by atomic mass is 79.9. The van der Waals surface area contributed by atoms with Crippen molar-refractivity contribution in [3.05, 3.63) is 64.4 Å². The lowest BCUT2D eigenvalue weighted by molar-refractivity contribution is 0.242. The van der Waals surface area contributed by atoms with E-state index >= 15 is 0 Å². The summed E-state index contributed by atoms with van der Waals surface area (Å²) in [6.45, 7) is 3.95. The zero-order chi connectivity index (χ0) is 14.7. The summed E-state index contributed by atoms with van der Waals surface area (Å²) < 4.78 is 19.4. The first kappa shape index (κ1) is 15.3. The monoisotopic (exact) mass is 356 g/mol. The molecule has 0 aliphatic heterocycles. The minimum atomic E-state index is -0.279. The van der Waals surface area contributed by atoms with Gasteiger partial charge in [0.25, 0.3) is 0 Å². The number of alkyl halides is 1. The number of rotatable bonds is 4. The Morgan fingerprint density at radius 3 is 2.35 bits per heavy atom. The van der Waals surface area contributed by atoms with E-state index in [1.165, 1.54) is 6.07 Å². The molecule has 2 aromatic carbocycles. The van der Waals surface area contributed by atoms with Crippen molar-refractivity contribution in [2.24, 2.45) is 0 Å². The molecule has 1 unspecified atom stereocenters. The van der Waals surface area contributed by atoms with E-state index in [1.807, 2.05) is 38.1 Å². The van der Waals surface area contributed by atoms with E-state index in [2.05, 4.69) is 15.9 Å². The van der Waals surface area contributed by atoms with Crippen molar-refractivity contribution >= 4 is 27.5 Å². The minimum Gasteiger partial charge on any atom is -0.491 e. The van der Waals surface area contributed by atoms with Crippen molar-refractivity contribution in [1.82, 2.24) is 0 Å². The van der Waals surface area contributed by atoms with Gasteiger partial charge in [-0.25, -0.2) is 4.39 Å². The Morgan fingerprint density at radius 2 is 1.75 bits per heavy atom. The van der Waals surface area contributed by atoms with Crippen molar-refractivity contribution in [1.29, 1.82) is 0 Å². The van der Waals surface area contributed by atoms with Crippen LogP contribution in [0.25, 0.3) is 0 Å². The molecule has 0 saturated heterocycles. The van der Waals surface area contributed by atoms with E-state index in [0.717, 1.165) is 11.3 Å². The lowest BCUT2D eigenvalue weighted by Crippen LogP contribution is -2.05. The number of ether oxygens (including phenoxy) is 1. The summed E-state index contributed by atoms with van der Waals surface area (Å²) >= 11 is 9.44. The lowest BCUT2D eigenvalue weighted by Gasteiger charge is -2.14. The van der Waals surface area contributed by atoms with Crippen molar-refractivity contribution in [2.75, 3.05) is 0 Å². The second-order valence-electron chi connectivity index (χ2n) is 4.76. The summed E-state index contributed by atoms with van der Waals surface area (Å²) in [5.74, 6) is 0.522. The van der Waals surface area contributed by atoms with Gasteiger partial charge in [0.05, 0.1) is 10.9 Å². The van der Waals surface area contributed by atoms with Gasteiger partial charge in [-0.15, -0.1) is 0 Å². The molecular formula is C16H15BrClFO. The Hall–Kier alpha value is -1.06. The fourth-order valence-electron chi connectivity index (χ4n) is 1.88. The normalized spacial score (nSPS) is 12.5. The zero-order valence-electron chi connectivity index (χ0n) is 11.2. The molecular weight excluding hydrogens is 343 g/mol. The Kier molecular flexibility index (Phi) is 5.06. The van der Waals surface area contributed by atoms with Gasteiger partial charge in [-0.2, -0.15) is 0 Å². The van der Waals surface area contributed by atoms with E-state index in [1.54, 1.807) is 12.1 Å². The summed E-state index contributed by atoms with van der Waals surface area (Å²) in [6, 6.07) is 12.1. The third-order valence-electron chi connectivity index (χ3n) is 2.78. The number of hydrogen-bond acceptors (Lipinski definition) is 1. The largest absolute Gasteiger partial charge is 0.491 e. The van der Waals surface area contributed by atoms with Crippen molar-refractivity contribution in [2.45, 2.75) is 24.8 Å². The van der Waals surface area contributed by atoms with Crippen LogP contribution in [0.2, 0.25) is 5.02 Å². The molecule has 2 rings (SSSR count). The highest BCUT2D eigenvalue weighted by Crippen LogP contribution is 2.34. The topological polar surface area (TPSA) is 9.23 Å². The maximum Gasteiger partial charge on any atom is 0.127 e. The van der Waals surface area contributed by atoms with Crippen LogP contribution in [0.15, 0.2) is 42.5 Å². The molecule has 0 fully saturated rings. The first-order valence-electron chi connectivity index (χ1n) is 6.33. The maximum absolute atomic E-state index is 13.8. The molecule has 20 heavy (non-hydrogen) atoms. The van der Waals surface area contributed by atoms with E-state index in [-0.39, 0.29) is 16.7 Å². The third-order valence-corrected chi connectivity index (χ3v) is 4.03. The molecule has 0 saturated carbocycles. The highest BCUT2D eigenvalue weighted by Gasteiger charge is 2.15. The fourth-order valence-corrected chi connectivity index (χ4v) is 2.71. The van der Waals surface area contributed by atoms with Crippen LogP contribution in [0.1, 0.15) is 29.8 Å². The SMILES string of the molecule is CC(C)Oc1ccc(C(Br)c2cc(Cl)ccc2F)cc1. The Balaban J connectivity index is 2.24. The van der Waals surface area contributed by atoms with Crippen LogP contribution in [0.3, 0.4) is 0 Å². The van der Waals surface area contributed by atoms with Gasteiger partial charge >= 0.3 is 0 Å². The maximum atomic E-state index is 13.8. The number of halogens is 3. The van der Waals surface area contributed by atoms with Crippen molar-refractivity contribution in [3.63, 3.8) is 0 Å². The standard InChI is InChI=1S/C16H15BrClFO/c1-10(2)20-13-6-3-11(4-7-13)16(17)14-9-12(18)5-8-15(14)19/h3-10,16H,1-2H3. The summed E-state index contributed by atoms with van der Waals surface area (Å²) in [7, 11) is 0. The lowest BCUT2D eigenvalue weighted by atomic mass is 10.0. The predicted molar refractivity (Wildman–Crippen MR) is 84.4 cm³/mol. The molecule has 0 radical (unpaired) electrons. The number of hydrogen-bond donors (Lipinski definition) is 0. The van der Waals surface area contributed by atoms with Crippen LogP contribution < -0.4 is 4.74 Å². The molecule has 0 aliphatic carbocycles. The smallest absolute Gasteiger partial charge is 0.127 e. The van der Waals surface area contributed by atoms with Crippen LogP contribution >= 0.6 is 27.5 Å². The first-order valence-corrected chi connectivity index (χ1v) is 7.62. The Labute approximate surface area is 131 Å². The summed E-state index contributed by atoms with van der Waals surface area (Å²) in [5, 5.41) is 0.519. The van der Waals surface area contributed by atoms with Gasteiger partial charge in [0.15, 0.2) is 0 Å². The Morgan fingerprint density at radius 1 is 1.10 bits per heavy atom. The van der Waals surface area contributed by atoms with E-state index in [4.69, 9.17) is 16.3 Å². The second-order valence-corrected chi connectivity index (χ2v) is 6.12. The summed E-state index contributed by atoms with van der Waals surface area (Å²) in [5.41, 5.74) is 1.47. The molecule has 1 atom stereocenters. The molecule has 0 bridgehead atoms. The molecule has 0 heterocycles. The van der Waals surface area contributed by atoms with Crippen molar-refractivity contribution in [3.8, 4) is 5.75 Å². The van der Waals surface area contributed by atoms with E-state index in [0.29, 0.717) is 10.6 Å². The summed E-state index contributed by atoms with van der Waals surface area (Å²) in [6.07, 6.45) is 0.131. The van der Waals surface area contributed by atoms with Crippen LogP contribution in [0.5, 0.6) is 5.75 Å². The molecule has 0 aromatic heterocycles. The molecule has 0 spiro atoms.